The van der Waals surface area contributed by atoms with Gasteiger partial charge in [-0.2, -0.15) is 0 Å². The lowest BCUT2D eigenvalue weighted by Gasteiger charge is -2.06. The van der Waals surface area contributed by atoms with Crippen molar-refractivity contribution in [2.45, 2.75) is 0 Å². The summed E-state index contributed by atoms with van der Waals surface area (Å²) in [5.74, 6) is -1.16. The molecule has 0 spiro atoms. The number of non-ortho nitro benzene ring substituents is 1. The fourth-order valence-electron chi connectivity index (χ4n) is 1.20. The van der Waals surface area contributed by atoms with E-state index in [0.717, 1.165) is 18.2 Å². The fourth-order valence-corrected chi connectivity index (χ4v) is 1.20. The third-order valence-corrected chi connectivity index (χ3v) is 2.02. The van der Waals surface area contributed by atoms with Gasteiger partial charge in [-0.1, -0.05) is 0 Å². The highest BCUT2D eigenvalue weighted by Gasteiger charge is 2.13. The van der Waals surface area contributed by atoms with Crippen LogP contribution in [0.3, 0.4) is 0 Å². The predicted octanol–water partition coefficient (Wildman–Crippen LogP) is 1.90. The predicted molar refractivity (Wildman–Crippen MR) is 59.6 cm³/mol. The number of nitrogen functional groups attached to an aromatic ring is 1. The van der Waals surface area contributed by atoms with Crippen molar-refractivity contribution in [2.75, 3.05) is 5.73 Å². The lowest BCUT2D eigenvalue weighted by atomic mass is 10.3. The summed E-state index contributed by atoms with van der Waals surface area (Å²) >= 11 is 0. The molecule has 0 saturated heterocycles. The van der Waals surface area contributed by atoms with Gasteiger partial charge in [-0.15, -0.1) is 0 Å². The largest absolute Gasteiger partial charge is 0.433 e. The summed E-state index contributed by atoms with van der Waals surface area (Å²) in [6.07, 6.45) is 2.68. The molecule has 0 bridgehead atoms. The summed E-state index contributed by atoms with van der Waals surface area (Å²) < 4.78 is 18.6. The Morgan fingerprint density at radius 2 is 2.06 bits per heavy atom. The quantitative estimate of drug-likeness (QED) is 0.658. The number of nitrogens with two attached hydrogens (primary N) is 1. The molecule has 0 unspecified atom stereocenters. The Morgan fingerprint density at radius 1 is 1.33 bits per heavy atom. The van der Waals surface area contributed by atoms with Gasteiger partial charge in [0.25, 0.3) is 11.6 Å². The van der Waals surface area contributed by atoms with E-state index in [1.807, 2.05) is 0 Å². The van der Waals surface area contributed by atoms with Crippen LogP contribution in [0.4, 0.5) is 15.9 Å². The minimum atomic E-state index is -0.880. The Kier molecular flexibility index (Phi) is 3.00. The third-order valence-electron chi connectivity index (χ3n) is 2.02. The molecule has 18 heavy (non-hydrogen) atoms. The van der Waals surface area contributed by atoms with E-state index >= 15 is 0 Å². The molecular formula is C10H7FN4O3. The molecule has 92 valence electrons. The average molecular weight is 250 g/mol. The van der Waals surface area contributed by atoms with Crippen molar-refractivity contribution < 1.29 is 14.1 Å². The van der Waals surface area contributed by atoms with E-state index in [2.05, 4.69) is 9.97 Å². The van der Waals surface area contributed by atoms with Crippen LogP contribution >= 0.6 is 0 Å². The van der Waals surface area contributed by atoms with Crippen molar-refractivity contribution >= 4 is 11.5 Å². The second-order valence-corrected chi connectivity index (χ2v) is 3.22. The molecule has 1 aromatic carbocycles. The monoisotopic (exact) mass is 250 g/mol. The van der Waals surface area contributed by atoms with Gasteiger partial charge in [0.15, 0.2) is 17.4 Å². The van der Waals surface area contributed by atoms with Crippen LogP contribution in [0, 0.1) is 15.9 Å². The number of nitrogens with zero attached hydrogens (tertiary/aromatic N) is 3. The molecule has 7 nitrogen and oxygen atoms in total. The van der Waals surface area contributed by atoms with Crippen LogP contribution in [-0.2, 0) is 0 Å². The van der Waals surface area contributed by atoms with Gasteiger partial charge >= 0.3 is 0 Å². The number of rotatable bonds is 3. The number of benzene rings is 1. The summed E-state index contributed by atoms with van der Waals surface area (Å²) in [7, 11) is 0. The van der Waals surface area contributed by atoms with Crippen LogP contribution in [0.1, 0.15) is 0 Å². The molecule has 0 radical (unpaired) electrons. The normalized spacial score (nSPS) is 10.1. The number of hydrogen-bond donors (Lipinski definition) is 1. The molecule has 0 fully saturated rings. The standard InChI is InChI=1S/C10H7FN4O3/c11-7-5-6(15(16)17)1-2-8(7)18-10-9(12)13-3-4-14-10/h1-5H,(H2,12,13). The summed E-state index contributed by atoms with van der Waals surface area (Å²) in [5, 5.41) is 10.4. The summed E-state index contributed by atoms with van der Waals surface area (Å²) in [5.41, 5.74) is 5.10. The van der Waals surface area contributed by atoms with Gasteiger partial charge in [0.1, 0.15) is 0 Å². The molecule has 2 rings (SSSR count). The maximum atomic E-state index is 13.5. The van der Waals surface area contributed by atoms with Crippen LogP contribution in [0.2, 0.25) is 0 Å². The third kappa shape index (κ3) is 2.32. The molecule has 0 aliphatic heterocycles. The number of nitro benzene ring substituents is 1. The first-order valence-electron chi connectivity index (χ1n) is 4.76. The number of ether oxygens (including phenoxy) is 1. The van der Waals surface area contributed by atoms with Crippen molar-refractivity contribution in [3.8, 4) is 11.6 Å². The Morgan fingerprint density at radius 3 is 2.67 bits per heavy atom. The van der Waals surface area contributed by atoms with Gasteiger partial charge in [-0.25, -0.2) is 14.4 Å². The van der Waals surface area contributed by atoms with Gasteiger partial charge < -0.3 is 10.5 Å². The molecule has 2 N–H and O–H groups in total. The van der Waals surface area contributed by atoms with Crippen LogP contribution < -0.4 is 10.5 Å². The summed E-state index contributed by atoms with van der Waals surface area (Å²) in [6, 6.07) is 2.99. The Bertz CT molecular complexity index is 605. The number of nitro groups is 1. The molecule has 8 heteroatoms. The van der Waals surface area contributed by atoms with E-state index in [4.69, 9.17) is 10.5 Å². The van der Waals surface area contributed by atoms with Crippen molar-refractivity contribution in [1.82, 2.24) is 9.97 Å². The zero-order chi connectivity index (χ0) is 13.1. The van der Waals surface area contributed by atoms with Gasteiger partial charge in [-0.05, 0) is 6.07 Å². The van der Waals surface area contributed by atoms with Gasteiger partial charge in [-0.3, -0.25) is 10.1 Å². The molecule has 1 heterocycles. The SMILES string of the molecule is Nc1nccnc1Oc1ccc([N+](=O)[O-])cc1F. The van der Waals surface area contributed by atoms with Crippen LogP contribution in [0.5, 0.6) is 11.6 Å². The maximum absolute atomic E-state index is 13.5. The van der Waals surface area contributed by atoms with E-state index in [9.17, 15) is 14.5 Å². The van der Waals surface area contributed by atoms with E-state index < -0.39 is 10.7 Å². The van der Waals surface area contributed by atoms with Crippen LogP contribution in [0.25, 0.3) is 0 Å². The van der Waals surface area contributed by atoms with Gasteiger partial charge in [0, 0.05) is 18.5 Å². The van der Waals surface area contributed by atoms with Crippen LogP contribution in [-0.4, -0.2) is 14.9 Å². The van der Waals surface area contributed by atoms with E-state index in [0.29, 0.717) is 0 Å². The number of anilines is 1. The molecular weight excluding hydrogens is 243 g/mol. The lowest BCUT2D eigenvalue weighted by Crippen LogP contribution is -1.98. The van der Waals surface area contributed by atoms with Gasteiger partial charge in [0.2, 0.25) is 0 Å². The van der Waals surface area contributed by atoms with Gasteiger partial charge in [0.05, 0.1) is 11.0 Å². The van der Waals surface area contributed by atoms with E-state index in [-0.39, 0.29) is 23.1 Å². The topological polar surface area (TPSA) is 104 Å². The number of halogens is 1. The first-order valence-corrected chi connectivity index (χ1v) is 4.76. The first kappa shape index (κ1) is 11.7. The second kappa shape index (κ2) is 4.62. The number of aromatic nitrogens is 2. The maximum Gasteiger partial charge on any atom is 0.272 e. The van der Waals surface area contributed by atoms with Crippen molar-refractivity contribution in [3.63, 3.8) is 0 Å². The zero-order valence-electron chi connectivity index (χ0n) is 8.91. The fraction of sp³-hybridized carbons (Fsp3) is 0. The second-order valence-electron chi connectivity index (χ2n) is 3.22. The molecule has 2 aromatic rings. The molecule has 0 saturated carbocycles. The minimum Gasteiger partial charge on any atom is -0.433 e. The average Bonchev–Trinajstić information content (AvgIpc) is 2.34. The van der Waals surface area contributed by atoms with Crippen molar-refractivity contribution in [1.29, 1.82) is 0 Å². The lowest BCUT2D eigenvalue weighted by molar-refractivity contribution is -0.385. The van der Waals surface area contributed by atoms with Crippen molar-refractivity contribution in [3.05, 3.63) is 46.5 Å². The molecule has 0 aliphatic carbocycles. The summed E-state index contributed by atoms with van der Waals surface area (Å²) in [4.78, 5) is 17.2. The molecule has 1 aromatic heterocycles. The smallest absolute Gasteiger partial charge is 0.272 e. The molecule has 0 aliphatic rings. The Hall–Kier alpha value is -2.77. The highest BCUT2D eigenvalue weighted by Crippen LogP contribution is 2.28. The van der Waals surface area contributed by atoms with Crippen LogP contribution in [0.15, 0.2) is 30.6 Å². The number of hydrogen-bond acceptors (Lipinski definition) is 6. The van der Waals surface area contributed by atoms with Crippen molar-refractivity contribution in [2.24, 2.45) is 0 Å². The van der Waals surface area contributed by atoms with E-state index in [1.54, 1.807) is 0 Å². The zero-order valence-corrected chi connectivity index (χ0v) is 8.91. The summed E-state index contributed by atoms with van der Waals surface area (Å²) in [6.45, 7) is 0. The molecule has 0 atom stereocenters. The van der Waals surface area contributed by atoms with E-state index in [1.165, 1.54) is 12.4 Å². The Balaban J connectivity index is 2.30. The highest BCUT2D eigenvalue weighted by molar-refractivity contribution is 5.44. The Labute approximate surface area is 100 Å². The minimum absolute atomic E-state index is 0.00440. The molecule has 0 amide bonds. The first-order chi connectivity index (χ1) is 8.58. The highest BCUT2D eigenvalue weighted by atomic mass is 19.1.